The fourth-order valence-corrected chi connectivity index (χ4v) is 2.98. The summed E-state index contributed by atoms with van der Waals surface area (Å²) in [6, 6.07) is 4.60. The summed E-state index contributed by atoms with van der Waals surface area (Å²) in [4.78, 5) is 0.114. The van der Waals surface area contributed by atoms with Gasteiger partial charge >= 0.3 is 0 Å². The molecule has 0 saturated heterocycles. The van der Waals surface area contributed by atoms with Crippen LogP contribution in [0.4, 0.5) is 5.69 Å². The predicted molar refractivity (Wildman–Crippen MR) is 81.1 cm³/mol. The molecule has 0 fully saturated rings. The third-order valence-corrected chi connectivity index (χ3v) is 4.65. The second-order valence-corrected chi connectivity index (χ2v) is 6.59. The number of rotatable bonds is 6. The third kappa shape index (κ3) is 3.96. The van der Waals surface area contributed by atoms with Crippen LogP contribution in [0.15, 0.2) is 35.5 Å². The minimum absolute atomic E-state index is 0.114. The Morgan fingerprint density at radius 2 is 2.19 bits per heavy atom. The number of sulfonamides is 1. The molecule has 1 N–H and O–H groups in total. The summed E-state index contributed by atoms with van der Waals surface area (Å²) in [7, 11) is -2.09. The lowest BCUT2D eigenvalue weighted by Gasteiger charge is -2.07. The van der Waals surface area contributed by atoms with Crippen LogP contribution in [-0.2, 0) is 21.3 Å². The Balaban J connectivity index is 2.16. The summed E-state index contributed by atoms with van der Waals surface area (Å²) in [6.07, 6.45) is 3.05. The van der Waals surface area contributed by atoms with Crippen molar-refractivity contribution in [2.75, 3.05) is 18.4 Å². The van der Waals surface area contributed by atoms with Gasteiger partial charge in [0, 0.05) is 18.3 Å². The molecule has 2 aromatic rings. The van der Waals surface area contributed by atoms with Gasteiger partial charge < -0.3 is 4.74 Å². The number of ether oxygens (including phenoxy) is 1. The smallest absolute Gasteiger partial charge is 0.262 e. The minimum atomic E-state index is -3.68. The summed E-state index contributed by atoms with van der Waals surface area (Å²) in [5, 5.41) is 4.46. The number of methoxy groups -OCH3 is 1. The van der Waals surface area contributed by atoms with Crippen LogP contribution in [0.3, 0.4) is 0 Å². The molecule has 6 nitrogen and oxygen atoms in total. The van der Waals surface area contributed by atoms with E-state index in [0.29, 0.717) is 23.9 Å². The van der Waals surface area contributed by atoms with Crippen LogP contribution in [0.1, 0.15) is 5.56 Å². The van der Waals surface area contributed by atoms with E-state index in [4.69, 9.17) is 16.3 Å². The second kappa shape index (κ2) is 6.46. The maximum atomic E-state index is 12.3. The first-order valence-corrected chi connectivity index (χ1v) is 8.09. The first-order valence-electron chi connectivity index (χ1n) is 6.23. The number of nitrogens with zero attached hydrogens (tertiary/aromatic N) is 2. The van der Waals surface area contributed by atoms with Crippen LogP contribution in [0, 0.1) is 6.92 Å². The fraction of sp³-hybridized carbons (Fsp3) is 0.308. The van der Waals surface area contributed by atoms with Crippen LogP contribution in [0.5, 0.6) is 0 Å². The molecular formula is C13H16ClN3O3S. The number of aryl methyl sites for hydroxylation is 1. The Morgan fingerprint density at radius 1 is 1.43 bits per heavy atom. The highest BCUT2D eigenvalue weighted by Gasteiger charge is 2.16. The van der Waals surface area contributed by atoms with Gasteiger partial charge in [0.2, 0.25) is 0 Å². The van der Waals surface area contributed by atoms with Crippen molar-refractivity contribution in [2.24, 2.45) is 0 Å². The van der Waals surface area contributed by atoms with Crippen LogP contribution in [-0.4, -0.2) is 31.9 Å². The lowest BCUT2D eigenvalue weighted by Crippen LogP contribution is -2.12. The summed E-state index contributed by atoms with van der Waals surface area (Å²) in [6.45, 7) is 2.86. The number of aromatic nitrogens is 2. The van der Waals surface area contributed by atoms with Crippen LogP contribution < -0.4 is 4.72 Å². The van der Waals surface area contributed by atoms with E-state index < -0.39 is 10.0 Å². The Labute approximate surface area is 128 Å². The van der Waals surface area contributed by atoms with E-state index >= 15 is 0 Å². The molecule has 0 aliphatic heterocycles. The molecule has 1 heterocycles. The van der Waals surface area contributed by atoms with Gasteiger partial charge in [-0.3, -0.25) is 9.40 Å². The number of anilines is 1. The zero-order valence-electron chi connectivity index (χ0n) is 11.7. The van der Waals surface area contributed by atoms with Gasteiger partial charge in [0.15, 0.2) is 0 Å². The second-order valence-electron chi connectivity index (χ2n) is 4.50. The summed E-state index contributed by atoms with van der Waals surface area (Å²) in [5.74, 6) is 0. The molecule has 0 aliphatic rings. The number of nitrogens with one attached hydrogen (secondary N) is 1. The van der Waals surface area contributed by atoms with E-state index in [1.54, 1.807) is 24.1 Å². The van der Waals surface area contributed by atoms with E-state index in [-0.39, 0.29) is 4.90 Å². The average Bonchev–Trinajstić information content (AvgIpc) is 2.86. The lowest BCUT2D eigenvalue weighted by atomic mass is 10.2. The number of hydrogen-bond acceptors (Lipinski definition) is 4. The molecule has 0 aliphatic carbocycles. The first-order chi connectivity index (χ1) is 9.92. The van der Waals surface area contributed by atoms with Crippen molar-refractivity contribution in [3.63, 3.8) is 0 Å². The zero-order chi connectivity index (χ0) is 15.5. The van der Waals surface area contributed by atoms with Gasteiger partial charge in [-0.25, -0.2) is 8.42 Å². The molecular weight excluding hydrogens is 314 g/mol. The molecule has 0 amide bonds. The quantitative estimate of drug-likeness (QED) is 0.882. The normalized spacial score (nSPS) is 11.6. The molecule has 0 unspecified atom stereocenters. The first kappa shape index (κ1) is 15.8. The highest BCUT2D eigenvalue weighted by atomic mass is 35.5. The van der Waals surface area contributed by atoms with Crippen molar-refractivity contribution in [1.82, 2.24) is 9.78 Å². The van der Waals surface area contributed by atoms with Gasteiger partial charge in [0.25, 0.3) is 10.0 Å². The van der Waals surface area contributed by atoms with E-state index in [2.05, 4.69) is 9.82 Å². The molecule has 114 valence electrons. The zero-order valence-corrected chi connectivity index (χ0v) is 13.3. The molecule has 1 aromatic heterocycles. The van der Waals surface area contributed by atoms with Gasteiger partial charge in [-0.2, -0.15) is 5.10 Å². The van der Waals surface area contributed by atoms with Crippen molar-refractivity contribution >= 4 is 27.3 Å². The topological polar surface area (TPSA) is 73.2 Å². The van der Waals surface area contributed by atoms with Crippen LogP contribution >= 0.6 is 11.6 Å². The van der Waals surface area contributed by atoms with Crippen molar-refractivity contribution in [2.45, 2.75) is 18.4 Å². The maximum Gasteiger partial charge on any atom is 0.262 e. The highest BCUT2D eigenvalue weighted by molar-refractivity contribution is 7.92. The van der Waals surface area contributed by atoms with Crippen molar-refractivity contribution in [3.05, 3.63) is 41.2 Å². The predicted octanol–water partition coefficient (Wildman–Crippen LogP) is 2.29. The molecule has 0 atom stereocenters. The average molecular weight is 330 g/mol. The molecule has 0 bridgehead atoms. The monoisotopic (exact) mass is 329 g/mol. The van der Waals surface area contributed by atoms with E-state index in [1.165, 1.54) is 18.3 Å². The van der Waals surface area contributed by atoms with Crippen LogP contribution in [0.2, 0.25) is 5.02 Å². The van der Waals surface area contributed by atoms with Gasteiger partial charge in [0.05, 0.1) is 29.9 Å². The number of hydrogen-bond donors (Lipinski definition) is 1. The van der Waals surface area contributed by atoms with Gasteiger partial charge in [-0.1, -0.05) is 17.7 Å². The fourth-order valence-electron chi connectivity index (χ4n) is 1.68. The number of benzene rings is 1. The Hall–Kier alpha value is -1.57. The maximum absolute atomic E-state index is 12.3. The molecule has 0 radical (unpaired) electrons. The number of halogens is 1. The standard InChI is InChI=1S/C13H16ClN3O3S/c1-10-3-4-12(7-13(10)14)21(18,19)16-11-8-15-17(9-11)5-6-20-2/h3-4,7-9,16H,5-6H2,1-2H3. The largest absolute Gasteiger partial charge is 0.383 e. The molecule has 0 spiro atoms. The molecule has 8 heteroatoms. The summed E-state index contributed by atoms with van der Waals surface area (Å²) >= 11 is 5.96. The highest BCUT2D eigenvalue weighted by Crippen LogP contribution is 2.22. The van der Waals surface area contributed by atoms with Crippen molar-refractivity contribution < 1.29 is 13.2 Å². The van der Waals surface area contributed by atoms with Crippen LogP contribution in [0.25, 0.3) is 0 Å². The summed E-state index contributed by atoms with van der Waals surface area (Å²) in [5.41, 5.74) is 1.21. The Kier molecular flexibility index (Phi) is 4.87. The molecule has 2 rings (SSSR count). The van der Waals surface area contributed by atoms with Gasteiger partial charge in [0.1, 0.15) is 0 Å². The lowest BCUT2D eigenvalue weighted by molar-refractivity contribution is 0.183. The molecule has 0 saturated carbocycles. The molecule has 1 aromatic carbocycles. The summed E-state index contributed by atoms with van der Waals surface area (Å²) < 4.78 is 33.5. The Bertz CT molecular complexity index is 728. The van der Waals surface area contributed by atoms with E-state index in [9.17, 15) is 8.42 Å². The third-order valence-electron chi connectivity index (χ3n) is 2.86. The minimum Gasteiger partial charge on any atom is -0.383 e. The Morgan fingerprint density at radius 3 is 2.86 bits per heavy atom. The van der Waals surface area contributed by atoms with E-state index in [1.807, 2.05) is 6.92 Å². The van der Waals surface area contributed by atoms with Gasteiger partial charge in [-0.15, -0.1) is 0 Å². The van der Waals surface area contributed by atoms with Crippen molar-refractivity contribution in [3.8, 4) is 0 Å². The molecule has 21 heavy (non-hydrogen) atoms. The van der Waals surface area contributed by atoms with Gasteiger partial charge in [-0.05, 0) is 24.6 Å². The van der Waals surface area contributed by atoms with E-state index in [0.717, 1.165) is 5.56 Å². The SMILES string of the molecule is COCCn1cc(NS(=O)(=O)c2ccc(C)c(Cl)c2)cn1. The van der Waals surface area contributed by atoms with Crippen molar-refractivity contribution in [1.29, 1.82) is 0 Å².